The number of esters is 1. The van der Waals surface area contributed by atoms with E-state index in [1.165, 1.54) is 7.11 Å². The highest BCUT2D eigenvalue weighted by Gasteiger charge is 2.40. The fourth-order valence-corrected chi connectivity index (χ4v) is 5.17. The highest BCUT2D eigenvalue weighted by Crippen LogP contribution is 2.36. The molecule has 0 radical (unpaired) electrons. The van der Waals surface area contributed by atoms with Crippen LogP contribution in [-0.2, 0) is 17.7 Å². The Labute approximate surface area is 192 Å². The summed E-state index contributed by atoms with van der Waals surface area (Å²) >= 11 is 0. The molecule has 5 heterocycles. The summed E-state index contributed by atoms with van der Waals surface area (Å²) in [5.41, 5.74) is 4.72. The van der Waals surface area contributed by atoms with Gasteiger partial charge >= 0.3 is 5.97 Å². The highest BCUT2D eigenvalue weighted by molar-refractivity contribution is 5.93. The van der Waals surface area contributed by atoms with Gasteiger partial charge in [0.2, 0.25) is 0 Å². The van der Waals surface area contributed by atoms with Gasteiger partial charge in [0.25, 0.3) is 5.56 Å². The zero-order valence-electron chi connectivity index (χ0n) is 19.1. The van der Waals surface area contributed by atoms with Crippen molar-refractivity contribution in [2.45, 2.75) is 38.8 Å². The van der Waals surface area contributed by atoms with Gasteiger partial charge in [-0.1, -0.05) is 6.92 Å². The maximum atomic E-state index is 12.2. The number of ether oxygens (including phenoxy) is 1. The number of likely N-dealkylation sites (tertiary alicyclic amines) is 1. The smallest absolute Gasteiger partial charge is 0.358 e. The molecule has 172 valence electrons. The van der Waals surface area contributed by atoms with Crippen molar-refractivity contribution in [1.29, 1.82) is 0 Å². The minimum atomic E-state index is -0.391. The molecule has 5 rings (SSSR count). The number of nitrogens with one attached hydrogen (secondary N) is 1. The van der Waals surface area contributed by atoms with Crippen molar-refractivity contribution in [1.82, 2.24) is 19.9 Å². The topological polar surface area (TPSA) is 91.4 Å². The van der Waals surface area contributed by atoms with Gasteiger partial charge in [0.05, 0.1) is 23.8 Å². The molecule has 0 saturated carbocycles. The molecule has 3 aromatic heterocycles. The van der Waals surface area contributed by atoms with Crippen molar-refractivity contribution in [3.63, 3.8) is 0 Å². The van der Waals surface area contributed by atoms with Gasteiger partial charge in [-0.25, -0.2) is 9.78 Å². The molecule has 0 spiro atoms. The van der Waals surface area contributed by atoms with Crippen molar-refractivity contribution >= 4 is 22.7 Å². The number of nitrogens with zero attached hydrogens (tertiary/aromatic N) is 4. The van der Waals surface area contributed by atoms with Crippen LogP contribution in [0.5, 0.6) is 0 Å². The van der Waals surface area contributed by atoms with Crippen LogP contribution in [0.15, 0.2) is 41.5 Å². The molecule has 2 atom stereocenters. The van der Waals surface area contributed by atoms with Crippen LogP contribution in [0.3, 0.4) is 0 Å². The van der Waals surface area contributed by atoms with Crippen LogP contribution in [0.4, 0.5) is 5.69 Å². The number of pyridine rings is 3. The fraction of sp³-hybridized carbons (Fsp3) is 0.440. The quantitative estimate of drug-likeness (QED) is 0.581. The summed E-state index contributed by atoms with van der Waals surface area (Å²) in [4.78, 5) is 40.9. The van der Waals surface area contributed by atoms with E-state index in [1.54, 1.807) is 6.20 Å². The summed E-state index contributed by atoms with van der Waals surface area (Å²) in [6, 6.07) is 8.17. The maximum absolute atomic E-state index is 12.2. The number of anilines is 1. The number of aromatic amines is 1. The van der Waals surface area contributed by atoms with Crippen molar-refractivity contribution in [3.05, 3.63) is 63.8 Å². The van der Waals surface area contributed by atoms with Gasteiger partial charge in [-0.2, -0.15) is 0 Å². The standard InChI is InChI=1S/C25H29N5O3/c1-3-17-12-19-20(28-24(17)31)11-16(13-27-19)14-29-9-6-18(15-29)21-7-10-30(21)22-5-4-8-26-23(22)25(32)33-2/h4-5,8,11-13,18,21H,3,6-7,9-10,14-15H2,1-2H3,(H,28,31). The van der Waals surface area contributed by atoms with Gasteiger partial charge in [-0.3, -0.25) is 14.7 Å². The van der Waals surface area contributed by atoms with E-state index in [1.807, 2.05) is 37.4 Å². The van der Waals surface area contributed by atoms with Gasteiger partial charge in [0, 0.05) is 43.6 Å². The average molecular weight is 448 g/mol. The number of hydrogen-bond acceptors (Lipinski definition) is 7. The molecule has 8 nitrogen and oxygen atoms in total. The van der Waals surface area contributed by atoms with Crippen LogP contribution in [0, 0.1) is 5.92 Å². The van der Waals surface area contributed by atoms with E-state index in [4.69, 9.17) is 4.74 Å². The number of carbonyl (C=O) groups is 1. The molecule has 2 saturated heterocycles. The molecule has 3 aromatic rings. The van der Waals surface area contributed by atoms with Crippen molar-refractivity contribution in [2.24, 2.45) is 5.92 Å². The molecule has 2 aliphatic rings. The van der Waals surface area contributed by atoms with E-state index < -0.39 is 5.97 Å². The Kier molecular flexibility index (Phi) is 5.85. The third-order valence-corrected chi connectivity index (χ3v) is 7.01. The van der Waals surface area contributed by atoms with Crippen molar-refractivity contribution < 1.29 is 9.53 Å². The van der Waals surface area contributed by atoms with Crippen LogP contribution < -0.4 is 10.5 Å². The normalized spacial score (nSPS) is 20.7. The molecule has 8 heteroatoms. The Morgan fingerprint density at radius 2 is 2.12 bits per heavy atom. The van der Waals surface area contributed by atoms with Crippen molar-refractivity contribution in [2.75, 3.05) is 31.6 Å². The first-order valence-electron chi connectivity index (χ1n) is 11.6. The Morgan fingerprint density at radius 3 is 2.88 bits per heavy atom. The molecule has 0 bridgehead atoms. The molecule has 1 N–H and O–H groups in total. The second kappa shape index (κ2) is 8.94. The monoisotopic (exact) mass is 447 g/mol. The molecule has 0 aromatic carbocycles. The van der Waals surface area contributed by atoms with Crippen LogP contribution in [0.1, 0.15) is 41.4 Å². The third kappa shape index (κ3) is 4.11. The summed E-state index contributed by atoms with van der Waals surface area (Å²) in [5, 5.41) is 0. The van der Waals surface area contributed by atoms with E-state index in [-0.39, 0.29) is 5.56 Å². The lowest BCUT2D eigenvalue weighted by Gasteiger charge is -2.46. The largest absolute Gasteiger partial charge is 0.464 e. The first-order chi connectivity index (χ1) is 16.1. The van der Waals surface area contributed by atoms with Gasteiger partial charge in [0.1, 0.15) is 0 Å². The third-order valence-electron chi connectivity index (χ3n) is 7.01. The molecule has 0 aliphatic carbocycles. The number of aromatic nitrogens is 3. The summed E-state index contributed by atoms with van der Waals surface area (Å²) in [7, 11) is 1.39. The predicted octanol–water partition coefficient (Wildman–Crippen LogP) is 2.77. The van der Waals surface area contributed by atoms with Crippen LogP contribution in [0.25, 0.3) is 11.0 Å². The van der Waals surface area contributed by atoms with Crippen LogP contribution in [0.2, 0.25) is 0 Å². The molecule has 33 heavy (non-hydrogen) atoms. The number of rotatable bonds is 6. The SMILES string of the molecule is CCc1cc2ncc(CN3CCC(C4CCN4c4cccnc4C(=O)OC)C3)cc2[nH]c1=O. The Balaban J connectivity index is 1.27. The molecular weight excluding hydrogens is 418 g/mol. The molecular formula is C25H29N5O3. The predicted molar refractivity (Wildman–Crippen MR) is 126 cm³/mol. The molecule has 2 fully saturated rings. The summed E-state index contributed by atoms with van der Waals surface area (Å²) < 4.78 is 4.93. The number of H-pyrrole nitrogens is 1. The number of methoxy groups -OCH3 is 1. The van der Waals surface area contributed by atoms with Crippen molar-refractivity contribution in [3.8, 4) is 0 Å². The number of aryl methyl sites for hydroxylation is 1. The van der Waals surface area contributed by atoms with Crippen LogP contribution >= 0.6 is 0 Å². The Hall–Kier alpha value is -3.26. The second-order valence-corrected chi connectivity index (χ2v) is 8.95. The number of carbonyl (C=O) groups excluding carboxylic acids is 1. The Bertz CT molecular complexity index is 1240. The minimum Gasteiger partial charge on any atom is -0.464 e. The minimum absolute atomic E-state index is 0.0306. The zero-order valence-corrected chi connectivity index (χ0v) is 19.1. The highest BCUT2D eigenvalue weighted by atomic mass is 16.5. The second-order valence-electron chi connectivity index (χ2n) is 8.95. The lowest BCUT2D eigenvalue weighted by molar-refractivity contribution is 0.0594. The van der Waals surface area contributed by atoms with Gasteiger partial charge in [-0.15, -0.1) is 0 Å². The lowest BCUT2D eigenvalue weighted by atomic mass is 9.87. The van der Waals surface area contributed by atoms with E-state index >= 15 is 0 Å². The zero-order chi connectivity index (χ0) is 22.9. The summed E-state index contributed by atoms with van der Waals surface area (Å²) in [5.74, 6) is 0.141. The van der Waals surface area contributed by atoms with E-state index in [0.717, 1.165) is 66.9 Å². The number of fused-ring (bicyclic) bond motifs is 1. The van der Waals surface area contributed by atoms with Crippen LogP contribution in [-0.4, -0.2) is 58.6 Å². The summed E-state index contributed by atoms with van der Waals surface area (Å²) in [6.45, 7) is 5.73. The Morgan fingerprint density at radius 1 is 1.24 bits per heavy atom. The number of hydrogen-bond donors (Lipinski definition) is 1. The lowest BCUT2D eigenvalue weighted by Crippen LogP contribution is -2.53. The first kappa shape index (κ1) is 21.6. The van der Waals surface area contributed by atoms with Gasteiger partial charge in [-0.05, 0) is 61.6 Å². The fourth-order valence-electron chi connectivity index (χ4n) is 5.17. The van der Waals surface area contributed by atoms with E-state index in [2.05, 4.69) is 24.8 Å². The molecule has 2 unspecified atom stereocenters. The van der Waals surface area contributed by atoms with Gasteiger partial charge in [0.15, 0.2) is 5.69 Å². The van der Waals surface area contributed by atoms with Gasteiger partial charge < -0.3 is 14.6 Å². The molecule has 0 amide bonds. The van der Waals surface area contributed by atoms with E-state index in [0.29, 0.717) is 24.1 Å². The molecule has 2 aliphatic heterocycles. The average Bonchev–Trinajstić information content (AvgIpc) is 3.25. The maximum Gasteiger partial charge on any atom is 0.358 e. The first-order valence-corrected chi connectivity index (χ1v) is 11.6. The van der Waals surface area contributed by atoms with E-state index in [9.17, 15) is 9.59 Å². The summed E-state index contributed by atoms with van der Waals surface area (Å²) in [6.07, 6.45) is 6.48.